The van der Waals surface area contributed by atoms with Gasteiger partial charge >= 0.3 is 5.97 Å². The summed E-state index contributed by atoms with van der Waals surface area (Å²) < 4.78 is 1.83. The van der Waals surface area contributed by atoms with E-state index in [1.807, 2.05) is 35.2 Å². The van der Waals surface area contributed by atoms with E-state index in [2.05, 4.69) is 5.32 Å². The Morgan fingerprint density at radius 1 is 1.36 bits per heavy atom. The fourth-order valence-electron chi connectivity index (χ4n) is 2.23. The van der Waals surface area contributed by atoms with Crippen LogP contribution < -0.4 is 5.32 Å². The number of hydrogen-bond acceptors (Lipinski definition) is 3. The molecule has 0 fully saturated rings. The molecular weight excluding hydrogens is 300 g/mol. The van der Waals surface area contributed by atoms with Crippen LogP contribution in [0.2, 0.25) is 0 Å². The van der Waals surface area contributed by atoms with Crippen LogP contribution in [0.3, 0.4) is 0 Å². The van der Waals surface area contributed by atoms with Crippen molar-refractivity contribution in [1.82, 2.24) is 9.88 Å². The Bertz CT molecular complexity index is 619. The van der Waals surface area contributed by atoms with Gasteiger partial charge in [0.25, 0.3) is 5.91 Å². The predicted octanol–water partition coefficient (Wildman–Crippen LogP) is 2.97. The molecule has 0 bridgehead atoms. The van der Waals surface area contributed by atoms with E-state index in [0.717, 1.165) is 17.7 Å². The largest absolute Gasteiger partial charge is 0.480 e. The first-order valence-corrected chi connectivity index (χ1v) is 8.21. The first kappa shape index (κ1) is 16.3. The highest BCUT2D eigenvalue weighted by Gasteiger charge is 2.21. The van der Waals surface area contributed by atoms with E-state index >= 15 is 0 Å². The minimum Gasteiger partial charge on any atom is -0.480 e. The lowest BCUT2D eigenvalue weighted by molar-refractivity contribution is -0.139. The van der Waals surface area contributed by atoms with Crippen molar-refractivity contribution in [3.8, 4) is 0 Å². The molecule has 2 rings (SSSR count). The highest BCUT2D eigenvalue weighted by molar-refractivity contribution is 7.09. The lowest BCUT2D eigenvalue weighted by atomic mass is 10.1. The summed E-state index contributed by atoms with van der Waals surface area (Å²) in [6.45, 7) is 2.60. The standard InChI is InChI=1S/C16H20N2O3S/c1-2-3-7-13(16(20)21)17-15(19)14-8-4-9-18(14)11-12-6-5-10-22-12/h4-6,8-10,13H,2-3,7,11H2,1H3,(H,17,19)(H,20,21)/t13-/m0/s1. The van der Waals surface area contributed by atoms with Gasteiger partial charge in [-0.05, 0) is 30.0 Å². The lowest BCUT2D eigenvalue weighted by Crippen LogP contribution is -2.41. The van der Waals surface area contributed by atoms with Crippen molar-refractivity contribution in [3.05, 3.63) is 46.4 Å². The van der Waals surface area contributed by atoms with Crippen molar-refractivity contribution in [1.29, 1.82) is 0 Å². The molecule has 0 aromatic carbocycles. The number of rotatable bonds is 8. The zero-order chi connectivity index (χ0) is 15.9. The van der Waals surface area contributed by atoms with E-state index < -0.39 is 12.0 Å². The van der Waals surface area contributed by atoms with E-state index in [9.17, 15) is 14.7 Å². The van der Waals surface area contributed by atoms with Crippen LogP contribution in [0.5, 0.6) is 0 Å². The van der Waals surface area contributed by atoms with Crippen molar-refractivity contribution < 1.29 is 14.7 Å². The van der Waals surface area contributed by atoms with Crippen molar-refractivity contribution in [2.75, 3.05) is 0 Å². The van der Waals surface area contributed by atoms with Crippen LogP contribution in [0.1, 0.15) is 41.6 Å². The van der Waals surface area contributed by atoms with Crippen molar-refractivity contribution in [2.45, 2.75) is 38.8 Å². The first-order chi connectivity index (χ1) is 10.6. The van der Waals surface area contributed by atoms with E-state index in [-0.39, 0.29) is 5.91 Å². The Morgan fingerprint density at radius 3 is 2.82 bits per heavy atom. The molecule has 0 radical (unpaired) electrons. The zero-order valence-electron chi connectivity index (χ0n) is 12.5. The van der Waals surface area contributed by atoms with Crippen LogP contribution in [-0.2, 0) is 11.3 Å². The molecule has 1 amide bonds. The van der Waals surface area contributed by atoms with Gasteiger partial charge in [0.05, 0.1) is 6.54 Å². The molecule has 0 spiro atoms. The molecule has 0 aliphatic carbocycles. The molecule has 0 aliphatic heterocycles. The molecule has 2 aromatic heterocycles. The van der Waals surface area contributed by atoms with Crippen LogP contribution in [0.4, 0.5) is 0 Å². The third-order valence-corrected chi connectivity index (χ3v) is 4.28. The molecule has 2 aromatic rings. The molecule has 6 heteroatoms. The quantitative estimate of drug-likeness (QED) is 0.785. The number of hydrogen-bond donors (Lipinski definition) is 2. The molecule has 0 saturated heterocycles. The van der Waals surface area contributed by atoms with Crippen LogP contribution in [-0.4, -0.2) is 27.6 Å². The molecule has 118 valence electrons. The van der Waals surface area contributed by atoms with E-state index in [0.29, 0.717) is 18.7 Å². The van der Waals surface area contributed by atoms with E-state index in [1.165, 1.54) is 0 Å². The van der Waals surface area contributed by atoms with Crippen LogP contribution >= 0.6 is 11.3 Å². The zero-order valence-corrected chi connectivity index (χ0v) is 13.3. The van der Waals surface area contributed by atoms with Gasteiger partial charge in [-0.2, -0.15) is 0 Å². The van der Waals surface area contributed by atoms with Crippen LogP contribution in [0.25, 0.3) is 0 Å². The van der Waals surface area contributed by atoms with Crippen molar-refractivity contribution in [3.63, 3.8) is 0 Å². The second kappa shape index (κ2) is 7.79. The number of unbranched alkanes of at least 4 members (excludes halogenated alkanes) is 1. The van der Waals surface area contributed by atoms with Crippen LogP contribution in [0.15, 0.2) is 35.8 Å². The molecule has 5 nitrogen and oxygen atoms in total. The van der Waals surface area contributed by atoms with Gasteiger partial charge in [-0.3, -0.25) is 4.79 Å². The van der Waals surface area contributed by atoms with Gasteiger partial charge in [-0.15, -0.1) is 11.3 Å². The molecule has 22 heavy (non-hydrogen) atoms. The topological polar surface area (TPSA) is 71.3 Å². The van der Waals surface area contributed by atoms with E-state index in [4.69, 9.17) is 0 Å². The summed E-state index contributed by atoms with van der Waals surface area (Å²) in [7, 11) is 0. The fourth-order valence-corrected chi connectivity index (χ4v) is 2.93. The number of nitrogens with zero attached hydrogens (tertiary/aromatic N) is 1. The average molecular weight is 320 g/mol. The van der Waals surface area contributed by atoms with Crippen LogP contribution in [0, 0.1) is 0 Å². The monoisotopic (exact) mass is 320 g/mol. The SMILES string of the molecule is CCCC[C@H](NC(=O)c1cccn1Cc1cccs1)C(=O)O. The average Bonchev–Trinajstić information content (AvgIpc) is 3.15. The maximum atomic E-state index is 12.3. The smallest absolute Gasteiger partial charge is 0.326 e. The highest BCUT2D eigenvalue weighted by atomic mass is 32.1. The second-order valence-electron chi connectivity index (χ2n) is 5.11. The van der Waals surface area contributed by atoms with Gasteiger partial charge in [0.1, 0.15) is 11.7 Å². The summed E-state index contributed by atoms with van der Waals surface area (Å²) >= 11 is 1.62. The summed E-state index contributed by atoms with van der Waals surface area (Å²) in [5.74, 6) is -1.33. The minimum absolute atomic E-state index is 0.343. The maximum Gasteiger partial charge on any atom is 0.326 e. The number of carboxylic acid groups (broad SMARTS) is 1. The Labute approximate surface area is 133 Å². The molecule has 0 aliphatic rings. The maximum absolute atomic E-state index is 12.3. The molecule has 2 N–H and O–H groups in total. The molecular formula is C16H20N2O3S. The normalized spacial score (nSPS) is 12.0. The number of aromatic nitrogens is 1. The second-order valence-corrected chi connectivity index (χ2v) is 6.14. The third-order valence-electron chi connectivity index (χ3n) is 3.42. The summed E-state index contributed by atoms with van der Waals surface area (Å²) in [5, 5.41) is 13.8. The van der Waals surface area contributed by atoms with Crippen molar-refractivity contribution in [2.24, 2.45) is 0 Å². The Balaban J connectivity index is 2.06. The lowest BCUT2D eigenvalue weighted by Gasteiger charge is -2.15. The number of aliphatic carboxylic acids is 1. The van der Waals surface area contributed by atoms with E-state index in [1.54, 1.807) is 23.5 Å². The summed E-state index contributed by atoms with van der Waals surface area (Å²) in [6.07, 6.45) is 3.95. The van der Waals surface area contributed by atoms with Crippen molar-refractivity contribution >= 4 is 23.2 Å². The number of thiophene rings is 1. The molecule has 1 atom stereocenters. The number of carboxylic acids is 1. The molecule has 0 unspecified atom stereocenters. The van der Waals surface area contributed by atoms with Gasteiger partial charge in [-0.1, -0.05) is 25.8 Å². The summed E-state index contributed by atoms with van der Waals surface area (Å²) in [6, 6.07) is 6.64. The molecule has 0 saturated carbocycles. The fraction of sp³-hybridized carbons (Fsp3) is 0.375. The van der Waals surface area contributed by atoms with Gasteiger partial charge in [0.15, 0.2) is 0 Å². The molecule has 2 heterocycles. The Hall–Kier alpha value is -2.08. The minimum atomic E-state index is -0.988. The Morgan fingerprint density at radius 2 is 2.18 bits per heavy atom. The Kier molecular flexibility index (Phi) is 5.77. The summed E-state index contributed by atoms with van der Waals surface area (Å²) in [5.41, 5.74) is 0.483. The number of amides is 1. The highest BCUT2D eigenvalue weighted by Crippen LogP contribution is 2.13. The van der Waals surface area contributed by atoms with Gasteiger partial charge < -0.3 is 15.0 Å². The van der Waals surface area contributed by atoms with Gasteiger partial charge in [0, 0.05) is 11.1 Å². The summed E-state index contributed by atoms with van der Waals surface area (Å²) in [4.78, 5) is 24.7. The first-order valence-electron chi connectivity index (χ1n) is 7.33. The van der Waals surface area contributed by atoms with Gasteiger partial charge in [0.2, 0.25) is 0 Å². The third kappa shape index (κ3) is 4.21. The predicted molar refractivity (Wildman–Crippen MR) is 86.3 cm³/mol. The number of carbonyl (C=O) groups is 2. The number of nitrogens with one attached hydrogen (secondary N) is 1. The van der Waals surface area contributed by atoms with Gasteiger partial charge in [-0.25, -0.2) is 4.79 Å². The number of carbonyl (C=O) groups excluding carboxylic acids is 1.